The molecule has 0 unspecified atom stereocenters. The standard InChI is InChI=1S/C14H17ClN4S/c15-11-4-6-12(7-5-11)19-13(16-17-14(19)20)10-18-8-2-1-3-9-18/h4-7H,1-3,8-10H2,(H,17,20)/p+1. The predicted octanol–water partition coefficient (Wildman–Crippen LogP) is 2.15. The summed E-state index contributed by atoms with van der Waals surface area (Å²) >= 11 is 11.3. The molecule has 0 atom stereocenters. The maximum atomic E-state index is 5.95. The first-order valence-electron chi connectivity index (χ1n) is 7.00. The van der Waals surface area contributed by atoms with E-state index in [1.165, 1.54) is 32.4 Å². The van der Waals surface area contributed by atoms with E-state index in [0.29, 0.717) is 4.77 Å². The smallest absolute Gasteiger partial charge is 0.200 e. The van der Waals surface area contributed by atoms with Gasteiger partial charge in [0.2, 0.25) is 0 Å². The molecule has 0 bridgehead atoms. The molecule has 2 heterocycles. The fourth-order valence-electron chi connectivity index (χ4n) is 2.76. The Kier molecular flexibility index (Phi) is 4.19. The van der Waals surface area contributed by atoms with Crippen molar-refractivity contribution in [3.8, 4) is 5.69 Å². The van der Waals surface area contributed by atoms with Crippen molar-refractivity contribution in [1.29, 1.82) is 0 Å². The molecule has 6 heteroatoms. The van der Waals surface area contributed by atoms with Gasteiger partial charge in [-0.25, -0.2) is 0 Å². The van der Waals surface area contributed by atoms with E-state index in [2.05, 4.69) is 10.2 Å². The van der Waals surface area contributed by atoms with Crippen LogP contribution in [-0.4, -0.2) is 27.9 Å². The summed E-state index contributed by atoms with van der Waals surface area (Å²) in [5.74, 6) is 0.995. The summed E-state index contributed by atoms with van der Waals surface area (Å²) < 4.78 is 2.64. The van der Waals surface area contributed by atoms with Gasteiger partial charge in [0.15, 0.2) is 10.6 Å². The quantitative estimate of drug-likeness (QED) is 0.853. The summed E-state index contributed by atoms with van der Waals surface area (Å²) in [5.41, 5.74) is 1.01. The van der Waals surface area contributed by atoms with Crippen LogP contribution in [0, 0.1) is 4.77 Å². The largest absolute Gasteiger partial charge is 0.329 e. The van der Waals surface area contributed by atoms with Crippen LogP contribution in [0.15, 0.2) is 24.3 Å². The van der Waals surface area contributed by atoms with Crippen LogP contribution in [0.25, 0.3) is 5.69 Å². The summed E-state index contributed by atoms with van der Waals surface area (Å²) in [6.07, 6.45) is 3.97. The van der Waals surface area contributed by atoms with Crippen molar-refractivity contribution in [2.45, 2.75) is 25.8 Å². The fourth-order valence-corrected chi connectivity index (χ4v) is 3.14. The first-order chi connectivity index (χ1) is 9.74. The minimum atomic E-state index is 0.638. The van der Waals surface area contributed by atoms with E-state index in [9.17, 15) is 0 Å². The molecule has 3 rings (SSSR count). The van der Waals surface area contributed by atoms with Gasteiger partial charge in [-0.05, 0) is 55.7 Å². The number of hydrogen-bond acceptors (Lipinski definition) is 2. The molecule has 2 N–H and O–H groups in total. The molecule has 4 nitrogen and oxygen atoms in total. The van der Waals surface area contributed by atoms with Crippen molar-refractivity contribution in [3.63, 3.8) is 0 Å². The summed E-state index contributed by atoms with van der Waals surface area (Å²) in [4.78, 5) is 1.58. The van der Waals surface area contributed by atoms with Gasteiger partial charge >= 0.3 is 0 Å². The lowest BCUT2D eigenvalue weighted by Gasteiger charge is -2.23. The van der Waals surface area contributed by atoms with Crippen LogP contribution in [0.3, 0.4) is 0 Å². The van der Waals surface area contributed by atoms with Gasteiger partial charge in [-0.15, -0.1) is 0 Å². The van der Waals surface area contributed by atoms with Crippen molar-refractivity contribution in [3.05, 3.63) is 39.9 Å². The molecule has 1 fully saturated rings. The number of piperidine rings is 1. The van der Waals surface area contributed by atoms with Crippen molar-refractivity contribution < 1.29 is 4.90 Å². The minimum absolute atomic E-state index is 0.638. The number of benzene rings is 1. The molecule has 1 aliphatic rings. The molecule has 0 spiro atoms. The fraction of sp³-hybridized carbons (Fsp3) is 0.429. The lowest BCUT2D eigenvalue weighted by molar-refractivity contribution is -0.919. The average molecular weight is 310 g/mol. The van der Waals surface area contributed by atoms with Gasteiger partial charge in [-0.3, -0.25) is 9.67 Å². The van der Waals surface area contributed by atoms with E-state index in [1.807, 2.05) is 28.8 Å². The number of rotatable bonds is 3. The number of likely N-dealkylation sites (tertiary alicyclic amines) is 1. The molecule has 1 aromatic carbocycles. The molecule has 106 valence electrons. The van der Waals surface area contributed by atoms with Crippen LogP contribution in [0.4, 0.5) is 0 Å². The highest BCUT2D eigenvalue weighted by Crippen LogP contribution is 2.15. The van der Waals surface area contributed by atoms with Crippen molar-refractivity contribution in [2.24, 2.45) is 0 Å². The summed E-state index contributed by atoms with van der Waals surface area (Å²) in [6, 6.07) is 7.71. The summed E-state index contributed by atoms with van der Waals surface area (Å²) in [5, 5.41) is 8.04. The lowest BCUT2D eigenvalue weighted by Crippen LogP contribution is -3.11. The van der Waals surface area contributed by atoms with Gasteiger partial charge in [0.1, 0.15) is 6.54 Å². The molecule has 0 saturated carbocycles. The molecular weight excluding hydrogens is 292 g/mol. The minimum Gasteiger partial charge on any atom is -0.329 e. The second-order valence-electron chi connectivity index (χ2n) is 5.24. The van der Waals surface area contributed by atoms with Crippen molar-refractivity contribution >= 4 is 23.8 Å². The van der Waals surface area contributed by atoms with E-state index in [4.69, 9.17) is 23.8 Å². The topological polar surface area (TPSA) is 38.0 Å². The molecule has 0 amide bonds. The Labute approximate surface area is 128 Å². The average Bonchev–Trinajstić information content (AvgIpc) is 2.82. The van der Waals surface area contributed by atoms with Gasteiger partial charge in [0.05, 0.1) is 13.1 Å². The zero-order chi connectivity index (χ0) is 13.9. The summed E-state index contributed by atoms with van der Waals surface area (Å²) in [7, 11) is 0. The zero-order valence-corrected chi connectivity index (χ0v) is 12.8. The number of nitrogens with one attached hydrogen (secondary N) is 2. The number of quaternary nitrogens is 1. The Balaban J connectivity index is 1.88. The highest BCUT2D eigenvalue weighted by Gasteiger charge is 2.18. The van der Waals surface area contributed by atoms with Crippen LogP contribution >= 0.6 is 23.8 Å². The zero-order valence-electron chi connectivity index (χ0n) is 11.2. The maximum Gasteiger partial charge on any atom is 0.200 e. The lowest BCUT2D eigenvalue weighted by atomic mass is 10.1. The third kappa shape index (κ3) is 2.95. The van der Waals surface area contributed by atoms with Crippen molar-refractivity contribution in [2.75, 3.05) is 13.1 Å². The monoisotopic (exact) mass is 309 g/mol. The number of H-pyrrole nitrogens is 1. The third-order valence-corrected chi connectivity index (χ3v) is 4.32. The van der Waals surface area contributed by atoms with Gasteiger partial charge in [0.25, 0.3) is 0 Å². The molecular formula is C14H18ClN4S+. The number of nitrogens with zero attached hydrogens (tertiary/aromatic N) is 2. The van der Waals surface area contributed by atoms with Gasteiger partial charge < -0.3 is 4.90 Å². The van der Waals surface area contributed by atoms with Crippen LogP contribution in [0.1, 0.15) is 25.1 Å². The number of aromatic nitrogens is 3. The highest BCUT2D eigenvalue weighted by atomic mass is 35.5. The Morgan fingerprint density at radius 1 is 1.20 bits per heavy atom. The van der Waals surface area contributed by atoms with E-state index in [-0.39, 0.29) is 0 Å². The first kappa shape index (κ1) is 13.8. The van der Waals surface area contributed by atoms with Crippen LogP contribution in [0.5, 0.6) is 0 Å². The number of aromatic amines is 1. The summed E-state index contributed by atoms with van der Waals surface area (Å²) in [6.45, 7) is 3.36. The molecule has 20 heavy (non-hydrogen) atoms. The molecule has 1 aliphatic heterocycles. The van der Waals surface area contributed by atoms with Gasteiger partial charge in [0, 0.05) is 10.7 Å². The van der Waals surface area contributed by atoms with E-state index in [1.54, 1.807) is 4.90 Å². The van der Waals surface area contributed by atoms with Crippen molar-refractivity contribution in [1.82, 2.24) is 14.8 Å². The Bertz CT molecular complexity index is 625. The third-order valence-electron chi connectivity index (χ3n) is 3.80. The maximum absolute atomic E-state index is 5.95. The first-order valence-corrected chi connectivity index (χ1v) is 7.78. The second-order valence-corrected chi connectivity index (χ2v) is 6.07. The van der Waals surface area contributed by atoms with E-state index in [0.717, 1.165) is 23.1 Å². The molecule has 0 radical (unpaired) electrons. The molecule has 2 aromatic rings. The van der Waals surface area contributed by atoms with Gasteiger partial charge in [-0.2, -0.15) is 5.10 Å². The number of halogens is 1. The Hall–Kier alpha value is -1.17. The second kappa shape index (κ2) is 6.08. The predicted molar refractivity (Wildman–Crippen MR) is 82.0 cm³/mol. The molecule has 1 saturated heterocycles. The van der Waals surface area contributed by atoms with E-state index >= 15 is 0 Å². The Morgan fingerprint density at radius 2 is 1.90 bits per heavy atom. The normalized spacial score (nSPS) is 16.4. The molecule has 1 aromatic heterocycles. The van der Waals surface area contributed by atoms with E-state index < -0.39 is 0 Å². The SMILES string of the molecule is S=c1[nH]nc(C[NH+]2CCCCC2)n1-c1ccc(Cl)cc1. The van der Waals surface area contributed by atoms with Crippen LogP contribution in [0.2, 0.25) is 5.02 Å². The van der Waals surface area contributed by atoms with Crippen LogP contribution < -0.4 is 4.90 Å². The van der Waals surface area contributed by atoms with Gasteiger partial charge in [-0.1, -0.05) is 11.6 Å². The number of hydrogen-bond donors (Lipinski definition) is 2. The highest BCUT2D eigenvalue weighted by molar-refractivity contribution is 7.71. The Morgan fingerprint density at radius 3 is 2.60 bits per heavy atom. The van der Waals surface area contributed by atoms with Crippen LogP contribution in [-0.2, 0) is 6.54 Å². The molecule has 0 aliphatic carbocycles.